The van der Waals surface area contributed by atoms with Gasteiger partial charge in [-0.05, 0) is 33.0 Å². The first kappa shape index (κ1) is 12.1. The van der Waals surface area contributed by atoms with Crippen LogP contribution in [0.1, 0.15) is 25.5 Å². The Bertz CT molecular complexity index is 478. The highest BCUT2D eigenvalue weighted by Gasteiger charge is 2.15. The van der Waals surface area contributed by atoms with Gasteiger partial charge in [0.15, 0.2) is 0 Å². The fourth-order valence-electron chi connectivity index (χ4n) is 1.84. The lowest BCUT2D eigenvalue weighted by Gasteiger charge is -2.17. The molecule has 0 spiro atoms. The van der Waals surface area contributed by atoms with Gasteiger partial charge in [-0.25, -0.2) is 4.52 Å². The molecular formula is C13H19N3O. The third-order valence-corrected chi connectivity index (χ3v) is 2.78. The zero-order valence-corrected chi connectivity index (χ0v) is 10.6. The Morgan fingerprint density at radius 2 is 2.24 bits per heavy atom. The van der Waals surface area contributed by atoms with Crippen LogP contribution in [-0.2, 0) is 4.74 Å². The van der Waals surface area contributed by atoms with Gasteiger partial charge in [0.25, 0.3) is 0 Å². The molecule has 0 aliphatic heterocycles. The van der Waals surface area contributed by atoms with Crippen LogP contribution in [-0.4, -0.2) is 29.4 Å². The van der Waals surface area contributed by atoms with E-state index in [0.29, 0.717) is 6.61 Å². The van der Waals surface area contributed by atoms with Crippen LogP contribution in [0, 0.1) is 0 Å². The first-order chi connectivity index (χ1) is 8.22. The van der Waals surface area contributed by atoms with Crippen molar-refractivity contribution in [1.82, 2.24) is 14.9 Å². The smallest absolute Gasteiger partial charge is 0.0710 e. The number of fused-ring (bicyclic) bond motifs is 1. The molecule has 2 aromatic heterocycles. The van der Waals surface area contributed by atoms with E-state index in [1.165, 1.54) is 5.56 Å². The molecule has 2 rings (SSSR count). The van der Waals surface area contributed by atoms with Crippen molar-refractivity contribution in [2.24, 2.45) is 0 Å². The molecule has 4 heteroatoms. The molecule has 0 radical (unpaired) electrons. The summed E-state index contributed by atoms with van der Waals surface area (Å²) in [5, 5.41) is 7.61. The van der Waals surface area contributed by atoms with E-state index in [2.05, 4.69) is 16.5 Å². The quantitative estimate of drug-likeness (QED) is 0.858. The second-order valence-corrected chi connectivity index (χ2v) is 4.35. The molecule has 4 nitrogen and oxygen atoms in total. The molecule has 1 unspecified atom stereocenters. The molecule has 92 valence electrons. The molecule has 17 heavy (non-hydrogen) atoms. The van der Waals surface area contributed by atoms with Crippen molar-refractivity contribution < 1.29 is 4.74 Å². The molecule has 0 saturated heterocycles. The molecule has 0 fully saturated rings. The van der Waals surface area contributed by atoms with Crippen LogP contribution in [0.5, 0.6) is 0 Å². The average Bonchev–Trinajstić information content (AvgIpc) is 2.74. The van der Waals surface area contributed by atoms with Crippen LogP contribution in [0.3, 0.4) is 0 Å². The van der Waals surface area contributed by atoms with Gasteiger partial charge in [-0.2, -0.15) is 5.10 Å². The Morgan fingerprint density at radius 3 is 2.94 bits per heavy atom. The predicted molar refractivity (Wildman–Crippen MR) is 68.1 cm³/mol. The SMILES string of the molecule is CNC(COC(C)C)c1cnn2ccccc12. The second kappa shape index (κ2) is 5.29. The highest BCUT2D eigenvalue weighted by Crippen LogP contribution is 2.19. The molecule has 0 bridgehead atoms. The van der Waals surface area contributed by atoms with Crippen molar-refractivity contribution in [1.29, 1.82) is 0 Å². The first-order valence-electron chi connectivity index (χ1n) is 5.93. The summed E-state index contributed by atoms with van der Waals surface area (Å²) in [6, 6.07) is 6.25. The zero-order valence-electron chi connectivity index (χ0n) is 10.6. The third-order valence-electron chi connectivity index (χ3n) is 2.78. The van der Waals surface area contributed by atoms with Crippen molar-refractivity contribution >= 4 is 5.52 Å². The van der Waals surface area contributed by atoms with E-state index in [9.17, 15) is 0 Å². The van der Waals surface area contributed by atoms with Gasteiger partial charge < -0.3 is 10.1 Å². The minimum Gasteiger partial charge on any atom is -0.377 e. The maximum absolute atomic E-state index is 5.67. The highest BCUT2D eigenvalue weighted by atomic mass is 16.5. The van der Waals surface area contributed by atoms with Crippen molar-refractivity contribution in [2.75, 3.05) is 13.7 Å². The summed E-state index contributed by atoms with van der Waals surface area (Å²) in [7, 11) is 1.95. The normalized spacial score (nSPS) is 13.4. The summed E-state index contributed by atoms with van der Waals surface area (Å²) in [6.07, 6.45) is 4.10. The summed E-state index contributed by atoms with van der Waals surface area (Å²) < 4.78 is 7.55. The number of pyridine rings is 1. The largest absolute Gasteiger partial charge is 0.377 e. The van der Waals surface area contributed by atoms with Crippen LogP contribution in [0.15, 0.2) is 30.6 Å². The lowest BCUT2D eigenvalue weighted by Crippen LogP contribution is -2.23. The van der Waals surface area contributed by atoms with Crippen LogP contribution in [0.4, 0.5) is 0 Å². The molecule has 0 aliphatic rings. The highest BCUT2D eigenvalue weighted by molar-refractivity contribution is 5.54. The van der Waals surface area contributed by atoms with Gasteiger partial charge >= 0.3 is 0 Å². The van der Waals surface area contributed by atoms with Crippen molar-refractivity contribution in [2.45, 2.75) is 26.0 Å². The maximum Gasteiger partial charge on any atom is 0.0710 e. The van der Waals surface area contributed by atoms with E-state index >= 15 is 0 Å². The van der Waals surface area contributed by atoms with Crippen molar-refractivity contribution in [3.63, 3.8) is 0 Å². The monoisotopic (exact) mass is 233 g/mol. The van der Waals surface area contributed by atoms with Crippen LogP contribution < -0.4 is 5.32 Å². The van der Waals surface area contributed by atoms with Crippen molar-refractivity contribution in [3.8, 4) is 0 Å². The number of rotatable bonds is 5. The molecule has 0 aliphatic carbocycles. The van der Waals surface area contributed by atoms with Gasteiger partial charge in [-0.1, -0.05) is 6.07 Å². The van der Waals surface area contributed by atoms with Gasteiger partial charge in [-0.3, -0.25) is 0 Å². The maximum atomic E-state index is 5.67. The number of hydrogen-bond acceptors (Lipinski definition) is 3. The van der Waals surface area contributed by atoms with E-state index in [-0.39, 0.29) is 12.1 Å². The predicted octanol–water partition coefficient (Wildman–Crippen LogP) is 2.02. The minimum absolute atomic E-state index is 0.178. The average molecular weight is 233 g/mol. The number of nitrogens with zero attached hydrogens (tertiary/aromatic N) is 2. The fourth-order valence-corrected chi connectivity index (χ4v) is 1.84. The molecular weight excluding hydrogens is 214 g/mol. The Hall–Kier alpha value is -1.39. The summed E-state index contributed by atoms with van der Waals surface area (Å²) in [6.45, 7) is 4.75. The summed E-state index contributed by atoms with van der Waals surface area (Å²) in [5.74, 6) is 0. The Kier molecular flexibility index (Phi) is 3.76. The van der Waals surface area contributed by atoms with E-state index in [1.807, 2.05) is 49.9 Å². The first-order valence-corrected chi connectivity index (χ1v) is 5.93. The number of likely N-dealkylation sites (N-methyl/N-ethyl adjacent to an activating group) is 1. The van der Waals surface area contributed by atoms with Crippen LogP contribution >= 0.6 is 0 Å². The summed E-state index contributed by atoms with van der Waals surface area (Å²) in [5.41, 5.74) is 2.30. The Balaban J connectivity index is 2.24. The number of hydrogen-bond donors (Lipinski definition) is 1. The van der Waals surface area contributed by atoms with Gasteiger partial charge in [-0.15, -0.1) is 0 Å². The standard InChI is InChI=1S/C13H19N3O/c1-10(2)17-9-12(14-3)11-8-15-16-7-5-4-6-13(11)16/h4-8,10,12,14H,9H2,1-3H3. The second-order valence-electron chi connectivity index (χ2n) is 4.35. The van der Waals surface area contributed by atoms with Crippen LogP contribution in [0.25, 0.3) is 5.52 Å². The topological polar surface area (TPSA) is 38.6 Å². The van der Waals surface area contributed by atoms with E-state index in [1.54, 1.807) is 0 Å². The third kappa shape index (κ3) is 2.65. The van der Waals surface area contributed by atoms with Gasteiger partial charge in [0.05, 0.1) is 30.5 Å². The van der Waals surface area contributed by atoms with E-state index < -0.39 is 0 Å². The van der Waals surface area contributed by atoms with Gasteiger partial charge in [0.1, 0.15) is 0 Å². The number of ether oxygens (including phenoxy) is 1. The molecule has 2 heterocycles. The molecule has 1 atom stereocenters. The summed E-state index contributed by atoms with van der Waals surface area (Å²) in [4.78, 5) is 0. The van der Waals surface area contributed by atoms with E-state index in [0.717, 1.165) is 5.52 Å². The van der Waals surface area contributed by atoms with Gasteiger partial charge in [0.2, 0.25) is 0 Å². The molecule has 0 amide bonds. The van der Waals surface area contributed by atoms with Crippen molar-refractivity contribution in [3.05, 3.63) is 36.2 Å². The zero-order chi connectivity index (χ0) is 12.3. The minimum atomic E-state index is 0.178. The lowest BCUT2D eigenvalue weighted by atomic mass is 10.1. The number of nitrogens with one attached hydrogen (secondary N) is 1. The molecule has 0 saturated carbocycles. The lowest BCUT2D eigenvalue weighted by molar-refractivity contribution is 0.0628. The molecule has 1 N–H and O–H groups in total. The van der Waals surface area contributed by atoms with Crippen LogP contribution in [0.2, 0.25) is 0 Å². The van der Waals surface area contributed by atoms with E-state index in [4.69, 9.17) is 4.74 Å². The molecule has 2 aromatic rings. The molecule has 0 aromatic carbocycles. The number of aromatic nitrogens is 2. The fraction of sp³-hybridized carbons (Fsp3) is 0.462. The summed E-state index contributed by atoms with van der Waals surface area (Å²) >= 11 is 0. The Morgan fingerprint density at radius 1 is 1.41 bits per heavy atom. The Labute approximate surface area is 102 Å². The van der Waals surface area contributed by atoms with Gasteiger partial charge in [0, 0.05) is 11.8 Å².